The van der Waals surface area contributed by atoms with Crippen molar-refractivity contribution in [1.29, 1.82) is 0 Å². The van der Waals surface area contributed by atoms with Crippen LogP contribution in [0.4, 0.5) is 4.39 Å². The molecule has 1 atom stereocenters. The molecule has 152 valence electrons. The standard InChI is InChI=1S/C22H23FN2O3S/c1-22(2)11-14(7-8-29(22,27)28)19-12-25-20-17(19)9-15(10-18(20)21(24)26)13-3-5-16(23)6-4-13/h3-6,9-10,12,14,25H,7-8,11H2,1-2H3,(H2,24,26)/t14-/m0/s1. The number of halogens is 1. The van der Waals surface area contributed by atoms with E-state index in [1.807, 2.05) is 12.3 Å². The van der Waals surface area contributed by atoms with Crippen LogP contribution < -0.4 is 5.73 Å². The smallest absolute Gasteiger partial charge is 0.250 e. The van der Waals surface area contributed by atoms with Crippen LogP contribution in [0.2, 0.25) is 0 Å². The number of carbonyl (C=O) groups excluding carboxylic acids is 1. The van der Waals surface area contributed by atoms with Gasteiger partial charge in [0.2, 0.25) is 0 Å². The average molecular weight is 415 g/mol. The molecule has 5 nitrogen and oxygen atoms in total. The van der Waals surface area contributed by atoms with Crippen molar-refractivity contribution in [1.82, 2.24) is 4.98 Å². The van der Waals surface area contributed by atoms with E-state index in [0.717, 1.165) is 22.1 Å². The molecule has 1 saturated heterocycles. The second-order valence-corrected chi connectivity index (χ2v) is 11.1. The molecule has 3 N–H and O–H groups in total. The van der Waals surface area contributed by atoms with Gasteiger partial charge in [-0.2, -0.15) is 0 Å². The summed E-state index contributed by atoms with van der Waals surface area (Å²) in [5, 5.41) is 0.848. The van der Waals surface area contributed by atoms with Gasteiger partial charge < -0.3 is 10.7 Å². The summed E-state index contributed by atoms with van der Waals surface area (Å²) < 4.78 is 37.3. The Morgan fingerprint density at radius 1 is 1.17 bits per heavy atom. The van der Waals surface area contributed by atoms with Gasteiger partial charge in [-0.1, -0.05) is 12.1 Å². The predicted molar refractivity (Wildman–Crippen MR) is 112 cm³/mol. The summed E-state index contributed by atoms with van der Waals surface area (Å²) in [6.07, 6.45) is 2.89. The molecule has 7 heteroatoms. The summed E-state index contributed by atoms with van der Waals surface area (Å²) in [5.74, 6) is -0.708. The highest BCUT2D eigenvalue weighted by Crippen LogP contribution is 2.42. The minimum Gasteiger partial charge on any atom is -0.366 e. The molecule has 2 heterocycles. The van der Waals surface area contributed by atoms with Gasteiger partial charge in [-0.15, -0.1) is 0 Å². The van der Waals surface area contributed by atoms with Gasteiger partial charge in [0.25, 0.3) is 5.91 Å². The monoisotopic (exact) mass is 414 g/mol. The van der Waals surface area contributed by atoms with Gasteiger partial charge >= 0.3 is 0 Å². The van der Waals surface area contributed by atoms with Crippen molar-refractivity contribution in [3.63, 3.8) is 0 Å². The Morgan fingerprint density at radius 3 is 2.48 bits per heavy atom. The van der Waals surface area contributed by atoms with Crippen LogP contribution in [0.3, 0.4) is 0 Å². The average Bonchev–Trinajstić information content (AvgIpc) is 3.07. The molecule has 3 aromatic rings. The molecule has 4 rings (SSSR count). The Bertz CT molecular complexity index is 1210. The molecule has 0 aliphatic carbocycles. The van der Waals surface area contributed by atoms with Crippen molar-refractivity contribution in [2.45, 2.75) is 37.4 Å². The minimum absolute atomic E-state index is 0.0477. The molecule has 0 bridgehead atoms. The largest absolute Gasteiger partial charge is 0.366 e. The number of amides is 1. The molecule has 0 unspecified atom stereocenters. The maximum absolute atomic E-state index is 13.3. The fraction of sp³-hybridized carbons (Fsp3) is 0.318. The number of aromatic amines is 1. The zero-order chi connectivity index (χ0) is 21.0. The molecule has 0 radical (unpaired) electrons. The lowest BCUT2D eigenvalue weighted by atomic mass is 9.86. The Hall–Kier alpha value is -2.67. The highest BCUT2D eigenvalue weighted by molar-refractivity contribution is 7.92. The number of fused-ring (bicyclic) bond motifs is 1. The molecule has 29 heavy (non-hydrogen) atoms. The normalized spacial score (nSPS) is 20.6. The van der Waals surface area contributed by atoms with Crippen molar-refractivity contribution >= 4 is 26.6 Å². The molecule has 1 fully saturated rings. The lowest BCUT2D eigenvalue weighted by Crippen LogP contribution is -2.40. The van der Waals surface area contributed by atoms with Crippen molar-refractivity contribution in [2.75, 3.05) is 5.75 Å². The summed E-state index contributed by atoms with van der Waals surface area (Å²) in [6.45, 7) is 3.53. The molecule has 0 spiro atoms. The summed E-state index contributed by atoms with van der Waals surface area (Å²) >= 11 is 0. The number of rotatable bonds is 3. The molecule has 1 amide bonds. The van der Waals surface area contributed by atoms with Gasteiger partial charge in [-0.05, 0) is 73.6 Å². The number of hydrogen-bond donors (Lipinski definition) is 2. The third-order valence-electron chi connectivity index (χ3n) is 6.02. The van der Waals surface area contributed by atoms with E-state index in [1.165, 1.54) is 12.1 Å². The molecule has 0 saturated carbocycles. The molecule has 1 aliphatic rings. The van der Waals surface area contributed by atoms with Crippen LogP contribution in [0.25, 0.3) is 22.0 Å². The quantitative estimate of drug-likeness (QED) is 0.674. The van der Waals surface area contributed by atoms with E-state index in [2.05, 4.69) is 4.98 Å². The van der Waals surface area contributed by atoms with Gasteiger partial charge in [0.15, 0.2) is 9.84 Å². The Morgan fingerprint density at radius 2 is 1.86 bits per heavy atom. The minimum atomic E-state index is -3.13. The SMILES string of the molecule is CC1(C)C[C@@H](c2c[nH]c3c(C(N)=O)cc(-c4ccc(F)cc4)cc23)CCS1(=O)=O. The van der Waals surface area contributed by atoms with E-state index in [1.54, 1.807) is 32.0 Å². The highest BCUT2D eigenvalue weighted by Gasteiger charge is 2.41. The zero-order valence-corrected chi connectivity index (χ0v) is 17.1. The number of sulfone groups is 1. The first-order valence-electron chi connectivity index (χ1n) is 9.52. The molecule has 1 aliphatic heterocycles. The van der Waals surface area contributed by atoms with Crippen LogP contribution in [-0.4, -0.2) is 29.8 Å². The first-order chi connectivity index (χ1) is 13.6. The number of primary amides is 1. The van der Waals surface area contributed by atoms with Crippen molar-refractivity contribution in [2.24, 2.45) is 5.73 Å². The molecular weight excluding hydrogens is 391 g/mol. The van der Waals surface area contributed by atoms with E-state index in [0.29, 0.717) is 23.9 Å². The molecular formula is C22H23FN2O3S. The Kier molecular flexibility index (Phi) is 4.53. The first kappa shape index (κ1) is 19.6. The lowest BCUT2D eigenvalue weighted by Gasteiger charge is -2.34. The van der Waals surface area contributed by atoms with Crippen LogP contribution in [0.15, 0.2) is 42.6 Å². The predicted octanol–water partition coefficient (Wildman–Crippen LogP) is 4.14. The van der Waals surface area contributed by atoms with E-state index in [9.17, 15) is 17.6 Å². The third kappa shape index (κ3) is 3.33. The summed E-state index contributed by atoms with van der Waals surface area (Å²) in [6, 6.07) is 9.71. The van der Waals surface area contributed by atoms with E-state index in [-0.39, 0.29) is 17.5 Å². The van der Waals surface area contributed by atoms with Gasteiger partial charge in [0.05, 0.1) is 21.6 Å². The van der Waals surface area contributed by atoms with E-state index >= 15 is 0 Å². The third-order valence-corrected chi connectivity index (χ3v) is 8.64. The van der Waals surface area contributed by atoms with Crippen LogP contribution >= 0.6 is 0 Å². The van der Waals surface area contributed by atoms with Crippen molar-refractivity contribution < 1.29 is 17.6 Å². The van der Waals surface area contributed by atoms with Gasteiger partial charge in [-0.25, -0.2) is 12.8 Å². The Labute approximate surface area is 169 Å². The lowest BCUT2D eigenvalue weighted by molar-refractivity contribution is 0.100. The van der Waals surface area contributed by atoms with Crippen LogP contribution in [0.1, 0.15) is 48.5 Å². The Balaban J connectivity index is 1.86. The maximum atomic E-state index is 13.3. The number of nitrogens with two attached hydrogens (primary N) is 1. The second-order valence-electron chi connectivity index (χ2n) is 8.33. The maximum Gasteiger partial charge on any atom is 0.250 e. The fourth-order valence-corrected chi connectivity index (χ4v) is 5.86. The van der Waals surface area contributed by atoms with Crippen LogP contribution in [0.5, 0.6) is 0 Å². The first-order valence-corrected chi connectivity index (χ1v) is 11.2. The van der Waals surface area contributed by atoms with Crippen LogP contribution in [-0.2, 0) is 9.84 Å². The number of hydrogen-bond acceptors (Lipinski definition) is 3. The van der Waals surface area contributed by atoms with E-state index in [4.69, 9.17) is 5.73 Å². The zero-order valence-electron chi connectivity index (χ0n) is 16.3. The summed E-state index contributed by atoms with van der Waals surface area (Å²) in [5.41, 5.74) is 9.13. The van der Waals surface area contributed by atoms with E-state index < -0.39 is 20.5 Å². The highest BCUT2D eigenvalue weighted by atomic mass is 32.2. The number of nitrogens with one attached hydrogen (secondary N) is 1. The second kappa shape index (κ2) is 6.69. The fourth-order valence-electron chi connectivity index (χ4n) is 4.26. The number of benzene rings is 2. The molecule has 1 aromatic heterocycles. The van der Waals surface area contributed by atoms with Crippen LogP contribution in [0, 0.1) is 5.82 Å². The van der Waals surface area contributed by atoms with Gasteiger partial charge in [-0.3, -0.25) is 4.79 Å². The van der Waals surface area contributed by atoms with Gasteiger partial charge in [0, 0.05) is 11.6 Å². The number of aromatic nitrogens is 1. The summed E-state index contributed by atoms with van der Waals surface area (Å²) in [4.78, 5) is 15.3. The van der Waals surface area contributed by atoms with Crippen molar-refractivity contribution in [3.05, 3.63) is 59.5 Å². The summed E-state index contributed by atoms with van der Waals surface area (Å²) in [7, 11) is -3.13. The number of H-pyrrole nitrogens is 1. The number of carbonyl (C=O) groups is 1. The molecule has 2 aromatic carbocycles. The van der Waals surface area contributed by atoms with Gasteiger partial charge in [0.1, 0.15) is 5.82 Å². The topological polar surface area (TPSA) is 93.0 Å². The van der Waals surface area contributed by atoms with Crippen molar-refractivity contribution in [3.8, 4) is 11.1 Å².